The first-order valence-corrected chi connectivity index (χ1v) is 7.44. The molecule has 4 nitrogen and oxygen atoms in total. The highest BCUT2D eigenvalue weighted by molar-refractivity contribution is 9.10. The summed E-state index contributed by atoms with van der Waals surface area (Å²) in [5.74, 6) is 0. The summed E-state index contributed by atoms with van der Waals surface area (Å²) in [6, 6.07) is 1.92. The van der Waals surface area contributed by atoms with Crippen LogP contribution in [0.2, 0.25) is 0 Å². The Morgan fingerprint density at radius 3 is 2.42 bits per heavy atom. The first kappa shape index (κ1) is 16.4. The number of rotatable bonds is 4. The first-order valence-electron chi connectivity index (χ1n) is 5.16. The van der Waals surface area contributed by atoms with E-state index in [1.807, 2.05) is 0 Å². The predicted octanol–water partition coefficient (Wildman–Crippen LogP) is 2.09. The van der Waals surface area contributed by atoms with Gasteiger partial charge in [-0.25, -0.2) is 13.1 Å². The molecule has 1 atom stereocenters. The highest BCUT2D eigenvalue weighted by Crippen LogP contribution is 2.33. The van der Waals surface area contributed by atoms with Gasteiger partial charge in [0, 0.05) is 17.1 Å². The van der Waals surface area contributed by atoms with Gasteiger partial charge < -0.3 is 5.73 Å². The molecule has 0 heterocycles. The van der Waals surface area contributed by atoms with E-state index < -0.39 is 32.7 Å². The molecule has 9 heteroatoms. The lowest BCUT2D eigenvalue weighted by Gasteiger charge is -2.14. The fourth-order valence-electron chi connectivity index (χ4n) is 1.26. The quantitative estimate of drug-likeness (QED) is 0.863. The molecule has 0 amide bonds. The van der Waals surface area contributed by atoms with Crippen LogP contribution in [0, 0.1) is 0 Å². The third-order valence-corrected chi connectivity index (χ3v) is 4.25. The van der Waals surface area contributed by atoms with E-state index in [9.17, 15) is 21.6 Å². The molecule has 1 rings (SSSR count). The van der Waals surface area contributed by atoms with Crippen LogP contribution in [-0.4, -0.2) is 21.0 Å². The van der Waals surface area contributed by atoms with E-state index in [0.29, 0.717) is 6.07 Å². The van der Waals surface area contributed by atoms with Crippen molar-refractivity contribution in [2.45, 2.75) is 24.0 Å². The van der Waals surface area contributed by atoms with E-state index in [4.69, 9.17) is 5.73 Å². The van der Waals surface area contributed by atoms with Crippen LogP contribution in [0.3, 0.4) is 0 Å². The summed E-state index contributed by atoms with van der Waals surface area (Å²) in [5, 5.41) is 0. The van der Waals surface area contributed by atoms with Gasteiger partial charge in [0.25, 0.3) is 0 Å². The Morgan fingerprint density at radius 1 is 1.37 bits per heavy atom. The van der Waals surface area contributed by atoms with Gasteiger partial charge >= 0.3 is 6.18 Å². The summed E-state index contributed by atoms with van der Waals surface area (Å²) in [5.41, 5.74) is 4.23. The second-order valence-corrected chi connectivity index (χ2v) is 6.56. The molecule has 0 saturated heterocycles. The summed E-state index contributed by atoms with van der Waals surface area (Å²) in [6.07, 6.45) is -4.62. The van der Waals surface area contributed by atoms with Gasteiger partial charge in [-0.05, 0) is 25.1 Å². The lowest BCUT2D eigenvalue weighted by molar-refractivity contribution is -0.137. The maximum absolute atomic E-state index is 12.6. The monoisotopic (exact) mass is 360 g/mol. The molecule has 0 radical (unpaired) electrons. The van der Waals surface area contributed by atoms with E-state index in [2.05, 4.69) is 20.7 Å². The third kappa shape index (κ3) is 4.44. The van der Waals surface area contributed by atoms with Crippen molar-refractivity contribution in [3.8, 4) is 0 Å². The Hall–Kier alpha value is -0.640. The summed E-state index contributed by atoms with van der Waals surface area (Å²) >= 11 is 2.86. The fourth-order valence-corrected chi connectivity index (χ4v) is 3.23. The molecular formula is C10H12BrF3N2O2S. The lowest BCUT2D eigenvalue weighted by atomic mass is 10.2. The molecule has 1 aromatic rings. The van der Waals surface area contributed by atoms with Crippen LogP contribution < -0.4 is 10.5 Å². The SMILES string of the molecule is C[C@@H](CN)NS(=O)(=O)c1cc(Br)cc(C(F)(F)F)c1. The summed E-state index contributed by atoms with van der Waals surface area (Å²) in [4.78, 5) is -0.463. The minimum atomic E-state index is -4.62. The van der Waals surface area contributed by atoms with Crippen molar-refractivity contribution in [1.82, 2.24) is 4.72 Å². The lowest BCUT2D eigenvalue weighted by Crippen LogP contribution is -2.37. The predicted molar refractivity (Wildman–Crippen MR) is 68.0 cm³/mol. The molecular weight excluding hydrogens is 349 g/mol. The van der Waals surface area contributed by atoms with Gasteiger partial charge in [0.15, 0.2) is 0 Å². The van der Waals surface area contributed by atoms with Gasteiger partial charge in [-0.15, -0.1) is 0 Å². The van der Waals surface area contributed by atoms with Crippen molar-refractivity contribution in [1.29, 1.82) is 0 Å². The fraction of sp³-hybridized carbons (Fsp3) is 0.400. The smallest absolute Gasteiger partial charge is 0.329 e. The first-order chi connectivity index (χ1) is 8.56. The number of hydrogen-bond donors (Lipinski definition) is 2. The molecule has 0 spiro atoms. The number of sulfonamides is 1. The van der Waals surface area contributed by atoms with Gasteiger partial charge in [-0.1, -0.05) is 15.9 Å². The molecule has 19 heavy (non-hydrogen) atoms. The molecule has 0 aromatic heterocycles. The zero-order chi connectivity index (χ0) is 14.8. The zero-order valence-electron chi connectivity index (χ0n) is 9.83. The second-order valence-electron chi connectivity index (χ2n) is 3.93. The minimum absolute atomic E-state index is 0.0306. The van der Waals surface area contributed by atoms with Crippen molar-refractivity contribution in [2.75, 3.05) is 6.54 Å². The molecule has 0 aliphatic rings. The van der Waals surface area contributed by atoms with Crippen LogP contribution >= 0.6 is 15.9 Å². The molecule has 1 aromatic carbocycles. The largest absolute Gasteiger partial charge is 0.416 e. The molecule has 0 saturated carbocycles. The second kappa shape index (κ2) is 5.78. The average molecular weight is 361 g/mol. The van der Waals surface area contributed by atoms with E-state index in [1.54, 1.807) is 0 Å². The summed E-state index contributed by atoms with van der Waals surface area (Å²) < 4.78 is 63.8. The topological polar surface area (TPSA) is 72.2 Å². The molecule has 3 N–H and O–H groups in total. The number of nitrogens with one attached hydrogen (secondary N) is 1. The molecule has 0 fully saturated rings. The van der Waals surface area contributed by atoms with Crippen LogP contribution in [0.5, 0.6) is 0 Å². The Bertz CT molecular complexity index is 560. The van der Waals surface area contributed by atoms with Crippen molar-refractivity contribution in [2.24, 2.45) is 5.73 Å². The number of alkyl halides is 3. The Kier molecular flexibility index (Phi) is 4.99. The van der Waals surface area contributed by atoms with Crippen LogP contribution in [-0.2, 0) is 16.2 Å². The maximum atomic E-state index is 12.6. The van der Waals surface area contributed by atoms with E-state index >= 15 is 0 Å². The number of halogens is 4. The van der Waals surface area contributed by atoms with Crippen molar-refractivity contribution in [3.63, 3.8) is 0 Å². The highest BCUT2D eigenvalue weighted by Gasteiger charge is 2.32. The normalized spacial score (nSPS) is 14.4. The van der Waals surface area contributed by atoms with Crippen LogP contribution in [0.4, 0.5) is 13.2 Å². The van der Waals surface area contributed by atoms with Gasteiger partial charge in [-0.3, -0.25) is 0 Å². The van der Waals surface area contributed by atoms with E-state index in [0.717, 1.165) is 12.1 Å². The molecule has 0 aliphatic heterocycles. The number of benzene rings is 1. The van der Waals surface area contributed by atoms with Gasteiger partial charge in [0.05, 0.1) is 10.5 Å². The standard InChI is InChI=1S/C10H12BrF3N2O2S/c1-6(5-15)16-19(17,18)9-3-7(10(12,13)14)2-8(11)4-9/h2-4,6,16H,5,15H2,1H3/t6-/m0/s1. The average Bonchev–Trinajstić information content (AvgIpc) is 2.26. The van der Waals surface area contributed by atoms with Crippen LogP contribution in [0.15, 0.2) is 27.6 Å². The van der Waals surface area contributed by atoms with E-state index in [-0.39, 0.29) is 11.0 Å². The van der Waals surface area contributed by atoms with Gasteiger partial charge in [0.2, 0.25) is 10.0 Å². The molecule has 108 valence electrons. The van der Waals surface area contributed by atoms with E-state index in [1.165, 1.54) is 6.92 Å². The summed E-state index contributed by atoms with van der Waals surface area (Å²) in [7, 11) is -4.04. The summed E-state index contributed by atoms with van der Waals surface area (Å²) in [6.45, 7) is 1.56. The van der Waals surface area contributed by atoms with Crippen LogP contribution in [0.25, 0.3) is 0 Å². The number of nitrogens with two attached hydrogens (primary N) is 1. The van der Waals surface area contributed by atoms with Crippen molar-refractivity contribution < 1.29 is 21.6 Å². The maximum Gasteiger partial charge on any atom is 0.416 e. The van der Waals surface area contributed by atoms with Gasteiger partial charge in [-0.2, -0.15) is 13.2 Å². The molecule has 0 bridgehead atoms. The highest BCUT2D eigenvalue weighted by atomic mass is 79.9. The zero-order valence-corrected chi connectivity index (χ0v) is 12.2. The van der Waals surface area contributed by atoms with Gasteiger partial charge in [0.1, 0.15) is 0 Å². The Morgan fingerprint density at radius 2 is 1.95 bits per heavy atom. The van der Waals surface area contributed by atoms with Crippen LogP contribution in [0.1, 0.15) is 12.5 Å². The van der Waals surface area contributed by atoms with Crippen molar-refractivity contribution in [3.05, 3.63) is 28.2 Å². The Labute approximate surface area is 117 Å². The minimum Gasteiger partial charge on any atom is -0.329 e. The third-order valence-electron chi connectivity index (χ3n) is 2.22. The van der Waals surface area contributed by atoms with Crippen molar-refractivity contribution >= 4 is 26.0 Å². The molecule has 0 aliphatic carbocycles. The Balaban J connectivity index is 3.25. The molecule has 0 unspecified atom stereocenters. The number of hydrogen-bond acceptors (Lipinski definition) is 3.